The summed E-state index contributed by atoms with van der Waals surface area (Å²) in [5.41, 5.74) is 2.72. The zero-order valence-electron chi connectivity index (χ0n) is 19.4. The van der Waals surface area contributed by atoms with Crippen LogP contribution in [0.4, 0.5) is 11.4 Å². The molecule has 8 nitrogen and oxygen atoms in total. The summed E-state index contributed by atoms with van der Waals surface area (Å²) in [4.78, 5) is 28.0. The first-order valence-corrected chi connectivity index (χ1v) is 11.7. The molecule has 0 aromatic heterocycles. The molecule has 1 heterocycles. The van der Waals surface area contributed by atoms with E-state index in [1.807, 2.05) is 30.3 Å². The van der Waals surface area contributed by atoms with Crippen molar-refractivity contribution in [3.05, 3.63) is 75.5 Å². The average molecular weight is 460 g/mol. The van der Waals surface area contributed by atoms with Crippen LogP contribution < -0.4 is 10.2 Å². The lowest BCUT2D eigenvalue weighted by molar-refractivity contribution is -0.384. The molecule has 34 heavy (non-hydrogen) atoms. The fourth-order valence-corrected chi connectivity index (χ4v) is 4.79. The summed E-state index contributed by atoms with van der Waals surface area (Å²) in [5.74, 6) is -0.171. The van der Waals surface area contributed by atoms with E-state index >= 15 is 0 Å². The molecule has 1 saturated carbocycles. The predicted octanol–water partition coefficient (Wildman–Crippen LogP) is 4.58. The molecule has 0 bridgehead atoms. The molecule has 0 atom stereocenters. The van der Waals surface area contributed by atoms with Gasteiger partial charge in [-0.3, -0.25) is 14.9 Å². The Morgan fingerprint density at radius 3 is 2.50 bits per heavy atom. The number of allylic oxidation sites excluding steroid dienone is 1. The van der Waals surface area contributed by atoms with Crippen LogP contribution in [0.2, 0.25) is 0 Å². The monoisotopic (exact) mass is 459 g/mol. The van der Waals surface area contributed by atoms with Gasteiger partial charge in [-0.1, -0.05) is 56.0 Å². The second-order valence-electron chi connectivity index (χ2n) is 8.95. The Hall–Kier alpha value is -3.86. The number of benzene rings is 2. The van der Waals surface area contributed by atoms with Gasteiger partial charge in [0.25, 0.3) is 5.69 Å². The third-order valence-electron chi connectivity index (χ3n) is 6.54. The number of nitro benzene ring substituents is 1. The molecule has 176 valence electrons. The lowest BCUT2D eigenvalue weighted by atomic mass is 10.0. The largest absolute Gasteiger partial charge is 0.372 e. The van der Waals surface area contributed by atoms with Crippen LogP contribution in [0.3, 0.4) is 0 Å². The highest BCUT2D eigenvalue weighted by Gasteiger charge is 2.32. The third-order valence-corrected chi connectivity index (χ3v) is 6.54. The topological polar surface area (TPSA) is 103 Å². The lowest BCUT2D eigenvalue weighted by Gasteiger charge is -2.27. The number of nitriles is 1. The van der Waals surface area contributed by atoms with Crippen LogP contribution in [0.5, 0.6) is 0 Å². The summed E-state index contributed by atoms with van der Waals surface area (Å²) in [6.45, 7) is 0.367. The lowest BCUT2D eigenvalue weighted by Crippen LogP contribution is -2.37. The second-order valence-corrected chi connectivity index (χ2v) is 8.95. The van der Waals surface area contributed by atoms with Gasteiger partial charge >= 0.3 is 0 Å². The van der Waals surface area contributed by atoms with Crippen molar-refractivity contribution in [3.63, 3.8) is 0 Å². The number of carbonyl (C=O) groups is 1. The van der Waals surface area contributed by atoms with Crippen molar-refractivity contribution in [2.45, 2.75) is 51.1 Å². The van der Waals surface area contributed by atoms with Crippen molar-refractivity contribution >= 4 is 23.0 Å². The average Bonchev–Trinajstić information content (AvgIpc) is 3.16. The van der Waals surface area contributed by atoms with E-state index in [2.05, 4.69) is 11.4 Å². The number of nitrogens with zero attached hydrogens (tertiary/aromatic N) is 4. The Labute approximate surface area is 199 Å². The summed E-state index contributed by atoms with van der Waals surface area (Å²) >= 11 is 0. The zero-order valence-corrected chi connectivity index (χ0v) is 19.4. The number of hydrogen-bond donors (Lipinski definition) is 1. The van der Waals surface area contributed by atoms with Crippen molar-refractivity contribution in [3.8, 4) is 6.07 Å². The minimum Gasteiger partial charge on any atom is -0.372 e. The Morgan fingerprint density at radius 2 is 1.85 bits per heavy atom. The van der Waals surface area contributed by atoms with Gasteiger partial charge in [0.05, 0.1) is 23.7 Å². The zero-order chi connectivity index (χ0) is 24.1. The van der Waals surface area contributed by atoms with Gasteiger partial charge in [-0.15, -0.1) is 0 Å². The van der Waals surface area contributed by atoms with Crippen LogP contribution in [0.15, 0.2) is 54.2 Å². The summed E-state index contributed by atoms with van der Waals surface area (Å²) in [5, 5.41) is 25.3. The third kappa shape index (κ3) is 5.04. The number of nitrogens with one attached hydrogen (secondary N) is 1. The number of fused-ring (bicyclic) bond motifs is 1. The molecule has 0 unspecified atom stereocenters. The summed E-state index contributed by atoms with van der Waals surface area (Å²) in [6.07, 6.45) is 6.43. The van der Waals surface area contributed by atoms with Crippen LogP contribution in [0.1, 0.15) is 49.7 Å². The summed E-state index contributed by atoms with van der Waals surface area (Å²) < 4.78 is 0. The highest BCUT2D eigenvalue weighted by molar-refractivity contribution is 5.97. The van der Waals surface area contributed by atoms with E-state index in [4.69, 9.17) is 0 Å². The molecule has 0 spiro atoms. The number of carbonyl (C=O) groups excluding carboxylic acids is 1. The van der Waals surface area contributed by atoms with Crippen LogP contribution in [-0.2, 0) is 11.3 Å². The van der Waals surface area contributed by atoms with Crippen molar-refractivity contribution < 1.29 is 9.72 Å². The molecule has 1 amide bonds. The molecule has 4 rings (SSSR count). The van der Waals surface area contributed by atoms with Gasteiger partial charge in [-0.25, -0.2) is 0 Å². The molecule has 2 aliphatic rings. The molecule has 2 aromatic carbocycles. The number of nitro groups is 1. The number of likely N-dealkylation sites (N-methyl/N-ethyl adjacent to an activating group) is 1. The molecule has 1 fully saturated rings. The molecular formula is C26H29N5O3. The Morgan fingerprint density at radius 1 is 1.15 bits per heavy atom. The smallest absolute Gasteiger partial charge is 0.270 e. The normalized spacial score (nSPS) is 18.4. The van der Waals surface area contributed by atoms with E-state index in [0.717, 1.165) is 31.2 Å². The predicted molar refractivity (Wildman–Crippen MR) is 131 cm³/mol. The number of amides is 1. The maximum atomic E-state index is 13.5. The Balaban J connectivity index is 1.89. The van der Waals surface area contributed by atoms with Crippen LogP contribution in [0, 0.1) is 21.4 Å². The molecule has 1 aliphatic heterocycles. The van der Waals surface area contributed by atoms with Gasteiger partial charge in [-0.2, -0.15) is 5.26 Å². The van der Waals surface area contributed by atoms with E-state index in [9.17, 15) is 20.2 Å². The Kier molecular flexibility index (Phi) is 7.12. The second kappa shape index (κ2) is 10.4. The molecule has 8 heteroatoms. The maximum absolute atomic E-state index is 13.5. The summed E-state index contributed by atoms with van der Waals surface area (Å²) in [6, 6.07) is 16.6. The van der Waals surface area contributed by atoms with Crippen molar-refractivity contribution in [2.75, 3.05) is 18.5 Å². The first-order valence-electron chi connectivity index (χ1n) is 11.7. The maximum Gasteiger partial charge on any atom is 0.270 e. The van der Waals surface area contributed by atoms with Gasteiger partial charge < -0.3 is 15.1 Å². The number of rotatable bonds is 5. The van der Waals surface area contributed by atoms with Crippen molar-refractivity contribution in [2.24, 2.45) is 0 Å². The van der Waals surface area contributed by atoms with E-state index in [1.54, 1.807) is 22.9 Å². The van der Waals surface area contributed by atoms with Crippen LogP contribution >= 0.6 is 0 Å². The van der Waals surface area contributed by atoms with Crippen molar-refractivity contribution in [1.82, 2.24) is 10.2 Å². The van der Waals surface area contributed by atoms with E-state index in [0.29, 0.717) is 16.9 Å². The highest BCUT2D eigenvalue weighted by Crippen LogP contribution is 2.37. The quantitative estimate of drug-likeness (QED) is 0.304. The SMILES string of the molecule is CN1CC(=O)N(Cc2ccccc2)/C(=C(/C#N)NC2CCCCCC2)c2cc([N+](=O)[O-])ccc21. The van der Waals surface area contributed by atoms with E-state index in [-0.39, 0.29) is 36.4 Å². The summed E-state index contributed by atoms with van der Waals surface area (Å²) in [7, 11) is 1.79. The van der Waals surface area contributed by atoms with Gasteiger partial charge in [0, 0.05) is 36.5 Å². The Bertz CT molecular complexity index is 1130. The first-order chi connectivity index (χ1) is 16.5. The van der Waals surface area contributed by atoms with Gasteiger partial charge in [0.2, 0.25) is 5.91 Å². The first kappa shape index (κ1) is 23.3. The van der Waals surface area contributed by atoms with E-state index in [1.165, 1.54) is 25.0 Å². The van der Waals surface area contributed by atoms with Gasteiger partial charge in [-0.05, 0) is 24.5 Å². The fraction of sp³-hybridized carbons (Fsp3) is 0.385. The van der Waals surface area contributed by atoms with Crippen molar-refractivity contribution in [1.29, 1.82) is 5.26 Å². The minimum atomic E-state index is -0.447. The molecule has 0 radical (unpaired) electrons. The molecular weight excluding hydrogens is 430 g/mol. The number of anilines is 1. The van der Waals surface area contributed by atoms with E-state index < -0.39 is 4.92 Å². The fourth-order valence-electron chi connectivity index (χ4n) is 4.79. The van der Waals surface area contributed by atoms with Crippen LogP contribution in [-0.4, -0.2) is 35.4 Å². The molecule has 1 aliphatic carbocycles. The number of hydrogen-bond acceptors (Lipinski definition) is 6. The molecule has 1 N–H and O–H groups in total. The standard InChI is InChI=1S/C26H29N5O3/c1-29-18-25(32)30(17-19-9-5-4-6-10-19)26(22-15-21(31(33)34)13-14-24(22)29)23(16-27)28-20-11-7-2-3-8-12-20/h4-6,9-10,13-15,20,28H,2-3,7-8,11-12,17-18H2,1H3/b26-23-. The highest BCUT2D eigenvalue weighted by atomic mass is 16.6. The number of non-ortho nitro benzene ring substituents is 1. The van der Waals surface area contributed by atoms with Gasteiger partial charge in [0.1, 0.15) is 11.8 Å². The minimum absolute atomic E-state index is 0.0783. The molecule has 0 saturated heterocycles. The van der Waals surface area contributed by atoms with Gasteiger partial charge in [0.15, 0.2) is 0 Å². The molecule has 2 aromatic rings. The van der Waals surface area contributed by atoms with Crippen LogP contribution in [0.25, 0.3) is 5.70 Å².